The zero-order chi connectivity index (χ0) is 14.7. The Morgan fingerprint density at radius 1 is 1.10 bits per heavy atom. The highest BCUT2D eigenvalue weighted by atomic mass is 35.5. The lowest BCUT2D eigenvalue weighted by molar-refractivity contribution is 0.415. The molecule has 0 amide bonds. The van der Waals surface area contributed by atoms with Crippen molar-refractivity contribution in [2.45, 2.75) is 10.9 Å². The molecule has 2 aromatic rings. The van der Waals surface area contributed by atoms with Gasteiger partial charge in [-0.15, -0.1) is 11.8 Å². The Morgan fingerprint density at radius 2 is 1.80 bits per heavy atom. The molecular formula is C15H15Cl2NOS. The van der Waals surface area contributed by atoms with Crippen LogP contribution in [0.15, 0.2) is 41.3 Å². The SMILES string of the molecule is COc1cc(Cl)c(C(N)c2ccccc2SC)cc1Cl. The van der Waals surface area contributed by atoms with Crippen LogP contribution in [0, 0.1) is 0 Å². The highest BCUT2D eigenvalue weighted by Gasteiger charge is 2.17. The van der Waals surface area contributed by atoms with E-state index in [0.29, 0.717) is 15.8 Å². The second kappa shape index (κ2) is 6.72. The second-order valence-corrected chi connectivity index (χ2v) is 5.89. The lowest BCUT2D eigenvalue weighted by atomic mass is 9.99. The summed E-state index contributed by atoms with van der Waals surface area (Å²) >= 11 is 14.1. The molecule has 2 nitrogen and oxygen atoms in total. The maximum atomic E-state index is 6.36. The van der Waals surface area contributed by atoms with Crippen LogP contribution < -0.4 is 10.5 Å². The van der Waals surface area contributed by atoms with Gasteiger partial charge in [0.1, 0.15) is 5.75 Å². The van der Waals surface area contributed by atoms with Crippen molar-refractivity contribution < 1.29 is 4.74 Å². The summed E-state index contributed by atoms with van der Waals surface area (Å²) in [5.41, 5.74) is 8.18. The minimum atomic E-state index is -0.324. The number of methoxy groups -OCH3 is 1. The minimum absolute atomic E-state index is 0.324. The summed E-state index contributed by atoms with van der Waals surface area (Å²) in [6, 6.07) is 11.1. The van der Waals surface area contributed by atoms with E-state index < -0.39 is 0 Å². The summed E-state index contributed by atoms with van der Waals surface area (Å²) in [5.74, 6) is 0.547. The largest absolute Gasteiger partial charge is 0.495 e. The highest BCUT2D eigenvalue weighted by molar-refractivity contribution is 7.98. The number of hydrogen-bond donors (Lipinski definition) is 1. The van der Waals surface area contributed by atoms with E-state index in [4.69, 9.17) is 33.7 Å². The van der Waals surface area contributed by atoms with Crippen LogP contribution in [-0.2, 0) is 0 Å². The molecule has 0 aromatic heterocycles. The smallest absolute Gasteiger partial charge is 0.138 e. The maximum absolute atomic E-state index is 6.36. The molecule has 0 saturated carbocycles. The fourth-order valence-corrected chi connectivity index (χ4v) is 3.20. The average Bonchev–Trinajstić information content (AvgIpc) is 2.48. The lowest BCUT2D eigenvalue weighted by Gasteiger charge is -2.18. The van der Waals surface area contributed by atoms with Crippen LogP contribution in [0.5, 0.6) is 5.75 Å². The molecule has 0 bridgehead atoms. The summed E-state index contributed by atoms with van der Waals surface area (Å²) in [5, 5.41) is 1.05. The molecule has 2 N–H and O–H groups in total. The van der Waals surface area contributed by atoms with Gasteiger partial charge in [-0.3, -0.25) is 0 Å². The Morgan fingerprint density at radius 3 is 2.45 bits per heavy atom. The first-order chi connectivity index (χ1) is 9.58. The van der Waals surface area contributed by atoms with E-state index in [-0.39, 0.29) is 6.04 Å². The zero-order valence-corrected chi connectivity index (χ0v) is 13.5. The molecule has 0 aliphatic rings. The Labute approximate surface area is 133 Å². The van der Waals surface area contributed by atoms with E-state index in [2.05, 4.69) is 0 Å². The number of thioether (sulfide) groups is 1. The average molecular weight is 328 g/mol. The van der Waals surface area contributed by atoms with Gasteiger partial charge in [-0.05, 0) is 29.5 Å². The molecule has 0 aliphatic heterocycles. The molecule has 0 saturated heterocycles. The molecule has 0 heterocycles. The minimum Gasteiger partial charge on any atom is -0.495 e. The van der Waals surface area contributed by atoms with Gasteiger partial charge in [0.05, 0.1) is 18.2 Å². The van der Waals surface area contributed by atoms with Crippen molar-refractivity contribution in [3.63, 3.8) is 0 Å². The van der Waals surface area contributed by atoms with Crippen molar-refractivity contribution in [1.82, 2.24) is 0 Å². The summed E-state index contributed by atoms with van der Waals surface area (Å²) in [7, 11) is 1.56. The van der Waals surface area contributed by atoms with Crippen molar-refractivity contribution in [3.8, 4) is 5.75 Å². The summed E-state index contributed by atoms with van der Waals surface area (Å²) in [6.07, 6.45) is 2.02. The molecule has 0 radical (unpaired) electrons. The Kier molecular flexibility index (Phi) is 5.22. The van der Waals surface area contributed by atoms with Crippen molar-refractivity contribution in [2.24, 2.45) is 5.73 Å². The van der Waals surface area contributed by atoms with E-state index in [1.165, 1.54) is 0 Å². The first-order valence-corrected chi connectivity index (χ1v) is 7.98. The summed E-state index contributed by atoms with van der Waals surface area (Å²) in [4.78, 5) is 1.13. The van der Waals surface area contributed by atoms with Gasteiger partial charge in [0.15, 0.2) is 0 Å². The normalized spacial score (nSPS) is 12.2. The van der Waals surface area contributed by atoms with Crippen molar-refractivity contribution in [2.75, 3.05) is 13.4 Å². The Hall–Kier alpha value is -0.870. The zero-order valence-electron chi connectivity index (χ0n) is 11.2. The molecule has 106 valence electrons. The van der Waals surface area contributed by atoms with Gasteiger partial charge in [-0.2, -0.15) is 0 Å². The topological polar surface area (TPSA) is 35.2 Å². The monoisotopic (exact) mass is 327 g/mol. The van der Waals surface area contributed by atoms with Crippen molar-refractivity contribution >= 4 is 35.0 Å². The van der Waals surface area contributed by atoms with Crippen LogP contribution in [0.2, 0.25) is 10.0 Å². The van der Waals surface area contributed by atoms with E-state index in [1.54, 1.807) is 31.0 Å². The van der Waals surface area contributed by atoms with Crippen LogP contribution in [0.4, 0.5) is 0 Å². The third kappa shape index (κ3) is 3.07. The van der Waals surface area contributed by atoms with Gasteiger partial charge in [0.2, 0.25) is 0 Å². The highest BCUT2D eigenvalue weighted by Crippen LogP contribution is 2.37. The fraction of sp³-hybridized carbons (Fsp3) is 0.200. The Bertz CT molecular complexity index is 619. The number of halogens is 2. The Balaban J connectivity index is 2.48. The molecule has 0 spiro atoms. The molecular weight excluding hydrogens is 313 g/mol. The molecule has 5 heteroatoms. The molecule has 2 rings (SSSR count). The predicted molar refractivity (Wildman–Crippen MR) is 87.3 cm³/mol. The van der Waals surface area contributed by atoms with Gasteiger partial charge in [-0.25, -0.2) is 0 Å². The summed E-state index contributed by atoms with van der Waals surface area (Å²) in [6.45, 7) is 0. The van der Waals surface area contributed by atoms with Crippen LogP contribution in [-0.4, -0.2) is 13.4 Å². The molecule has 20 heavy (non-hydrogen) atoms. The van der Waals surface area contributed by atoms with Crippen LogP contribution >= 0.6 is 35.0 Å². The number of hydrogen-bond acceptors (Lipinski definition) is 3. The van der Waals surface area contributed by atoms with Crippen LogP contribution in [0.3, 0.4) is 0 Å². The van der Waals surface area contributed by atoms with E-state index in [0.717, 1.165) is 16.0 Å². The number of nitrogens with two attached hydrogens (primary N) is 1. The van der Waals surface area contributed by atoms with Gasteiger partial charge in [-0.1, -0.05) is 41.4 Å². The molecule has 1 unspecified atom stereocenters. The standard InChI is InChI=1S/C15H15Cl2NOS/c1-19-13-8-11(16)10(7-12(13)17)15(18)9-5-3-4-6-14(9)20-2/h3-8,15H,18H2,1-2H3. The number of benzene rings is 2. The quantitative estimate of drug-likeness (QED) is 0.821. The van der Waals surface area contributed by atoms with E-state index in [9.17, 15) is 0 Å². The van der Waals surface area contributed by atoms with Gasteiger partial charge in [0, 0.05) is 16.0 Å². The molecule has 1 atom stereocenters. The molecule has 0 aliphatic carbocycles. The van der Waals surface area contributed by atoms with Crippen molar-refractivity contribution in [1.29, 1.82) is 0 Å². The van der Waals surface area contributed by atoms with E-state index >= 15 is 0 Å². The van der Waals surface area contributed by atoms with Gasteiger partial charge >= 0.3 is 0 Å². The van der Waals surface area contributed by atoms with Gasteiger partial charge < -0.3 is 10.5 Å². The number of rotatable bonds is 4. The molecule has 0 fully saturated rings. The first-order valence-electron chi connectivity index (χ1n) is 6.00. The third-order valence-electron chi connectivity index (χ3n) is 3.08. The number of ether oxygens (including phenoxy) is 1. The van der Waals surface area contributed by atoms with Crippen molar-refractivity contribution in [3.05, 3.63) is 57.6 Å². The van der Waals surface area contributed by atoms with E-state index in [1.807, 2.05) is 30.5 Å². The third-order valence-corrected chi connectivity index (χ3v) is 4.51. The lowest BCUT2D eigenvalue weighted by Crippen LogP contribution is -2.13. The second-order valence-electron chi connectivity index (χ2n) is 4.23. The fourth-order valence-electron chi connectivity index (χ4n) is 2.03. The van der Waals surface area contributed by atoms with Crippen LogP contribution in [0.1, 0.15) is 17.2 Å². The molecule has 2 aromatic carbocycles. The van der Waals surface area contributed by atoms with Gasteiger partial charge in [0.25, 0.3) is 0 Å². The van der Waals surface area contributed by atoms with Crippen LogP contribution in [0.25, 0.3) is 0 Å². The maximum Gasteiger partial charge on any atom is 0.138 e. The summed E-state index contributed by atoms with van der Waals surface area (Å²) < 4.78 is 5.15. The predicted octanol–water partition coefficient (Wildman–Crippen LogP) is 4.77. The first kappa shape index (κ1) is 15.5.